The number of halogens is 3. The molecule has 43 heavy (non-hydrogen) atoms. The molecule has 12 heteroatoms. The number of aromatic nitrogens is 4. The highest BCUT2D eigenvalue weighted by Gasteiger charge is 2.41. The summed E-state index contributed by atoms with van der Waals surface area (Å²) in [5.74, 6) is 0.913. The second-order valence-electron chi connectivity index (χ2n) is 10.9. The van der Waals surface area contributed by atoms with Gasteiger partial charge in [-0.1, -0.05) is 24.3 Å². The molecule has 2 aliphatic heterocycles. The fraction of sp³-hybridized carbons (Fsp3) is 0.355. The van der Waals surface area contributed by atoms with E-state index in [-0.39, 0.29) is 29.6 Å². The zero-order valence-corrected chi connectivity index (χ0v) is 24.1. The summed E-state index contributed by atoms with van der Waals surface area (Å²) in [6.07, 6.45) is -3.01. The quantitative estimate of drug-likeness (QED) is 0.309. The normalized spacial score (nSPS) is 17.4. The summed E-state index contributed by atoms with van der Waals surface area (Å²) in [5.41, 5.74) is 2.07. The van der Waals surface area contributed by atoms with E-state index in [9.17, 15) is 18.0 Å². The molecule has 2 aromatic carbocycles. The fourth-order valence-corrected chi connectivity index (χ4v) is 5.83. The predicted octanol–water partition coefficient (Wildman–Crippen LogP) is 5.38. The van der Waals surface area contributed by atoms with Gasteiger partial charge in [0.15, 0.2) is 5.82 Å². The number of hydrogen-bond donors (Lipinski definition) is 1. The number of carbonyl (C=O) groups is 1. The number of anilines is 2. The Labute approximate surface area is 247 Å². The molecule has 4 heterocycles. The molecular formula is C31H32F3N7O2. The van der Waals surface area contributed by atoms with Crippen LogP contribution in [-0.2, 0) is 31.1 Å². The van der Waals surface area contributed by atoms with Gasteiger partial charge in [0.05, 0.1) is 24.8 Å². The summed E-state index contributed by atoms with van der Waals surface area (Å²) in [7, 11) is 1.85. The van der Waals surface area contributed by atoms with Crippen molar-refractivity contribution in [2.45, 2.75) is 39.2 Å². The third kappa shape index (κ3) is 5.72. The lowest BCUT2D eigenvalue weighted by atomic mass is 9.98. The Bertz CT molecular complexity index is 1670. The topological polar surface area (TPSA) is 88.4 Å². The Balaban J connectivity index is 1.40. The number of fused-ring (bicyclic) bond motifs is 1. The van der Waals surface area contributed by atoms with Crippen LogP contribution in [0.1, 0.15) is 40.9 Å². The van der Waals surface area contributed by atoms with Crippen LogP contribution in [0, 0.1) is 0 Å². The highest BCUT2D eigenvalue weighted by Crippen LogP contribution is 2.41. The van der Waals surface area contributed by atoms with Gasteiger partial charge in [-0.05, 0) is 60.4 Å². The number of ether oxygens (including phenoxy) is 1. The maximum Gasteiger partial charge on any atom is 0.416 e. The molecule has 1 amide bonds. The zero-order chi connectivity index (χ0) is 30.3. The second-order valence-corrected chi connectivity index (χ2v) is 10.9. The molecule has 0 spiro atoms. The van der Waals surface area contributed by atoms with Gasteiger partial charge in [0.25, 0.3) is 5.91 Å². The highest BCUT2D eigenvalue weighted by molar-refractivity contribution is 6.10. The second kappa shape index (κ2) is 11.4. The Kier molecular flexibility index (Phi) is 7.65. The van der Waals surface area contributed by atoms with Gasteiger partial charge in [0, 0.05) is 44.4 Å². The summed E-state index contributed by atoms with van der Waals surface area (Å²) in [6.45, 7) is 6.23. The van der Waals surface area contributed by atoms with E-state index in [1.54, 1.807) is 23.0 Å². The summed E-state index contributed by atoms with van der Waals surface area (Å²) < 4.78 is 50.5. The largest absolute Gasteiger partial charge is 0.416 e. The Morgan fingerprint density at radius 3 is 2.58 bits per heavy atom. The number of morpholine rings is 1. The minimum absolute atomic E-state index is 0.00883. The number of nitrogens with zero attached hydrogens (tertiary/aromatic N) is 6. The first-order valence-corrected chi connectivity index (χ1v) is 14.2. The van der Waals surface area contributed by atoms with Crippen LogP contribution in [0.4, 0.5) is 24.8 Å². The number of pyridine rings is 1. The molecule has 1 fully saturated rings. The van der Waals surface area contributed by atoms with Gasteiger partial charge in [-0.3, -0.25) is 14.6 Å². The molecule has 2 aliphatic rings. The van der Waals surface area contributed by atoms with Gasteiger partial charge < -0.3 is 14.6 Å². The monoisotopic (exact) mass is 591 g/mol. The fourth-order valence-electron chi connectivity index (χ4n) is 5.83. The van der Waals surface area contributed by atoms with Crippen LogP contribution in [0.5, 0.6) is 0 Å². The van der Waals surface area contributed by atoms with E-state index in [2.05, 4.69) is 25.4 Å². The van der Waals surface area contributed by atoms with Crippen molar-refractivity contribution in [2.75, 3.05) is 36.5 Å². The zero-order valence-electron chi connectivity index (χ0n) is 24.1. The molecule has 224 valence electrons. The van der Waals surface area contributed by atoms with E-state index in [0.717, 1.165) is 16.7 Å². The van der Waals surface area contributed by atoms with Crippen LogP contribution >= 0.6 is 0 Å². The van der Waals surface area contributed by atoms with Gasteiger partial charge in [-0.2, -0.15) is 13.2 Å². The molecule has 0 aliphatic carbocycles. The highest BCUT2D eigenvalue weighted by atomic mass is 19.4. The van der Waals surface area contributed by atoms with Gasteiger partial charge in [0.1, 0.15) is 18.0 Å². The maximum atomic E-state index is 14.4. The van der Waals surface area contributed by atoms with Crippen LogP contribution in [0.3, 0.4) is 0 Å². The number of carbonyl (C=O) groups excluding carboxylic acids is 1. The van der Waals surface area contributed by atoms with Crippen molar-refractivity contribution in [3.05, 3.63) is 77.1 Å². The Morgan fingerprint density at radius 2 is 1.88 bits per heavy atom. The minimum Gasteiger partial charge on any atom is -0.376 e. The third-order valence-electron chi connectivity index (χ3n) is 7.77. The first-order valence-electron chi connectivity index (χ1n) is 14.2. The average molecular weight is 592 g/mol. The first-order chi connectivity index (χ1) is 20.6. The van der Waals surface area contributed by atoms with Crippen molar-refractivity contribution in [3.63, 3.8) is 0 Å². The van der Waals surface area contributed by atoms with Crippen LogP contribution in [0.25, 0.3) is 22.5 Å². The molecule has 1 unspecified atom stereocenters. The average Bonchev–Trinajstić information content (AvgIpc) is 3.55. The van der Waals surface area contributed by atoms with Crippen LogP contribution < -0.4 is 10.2 Å². The van der Waals surface area contributed by atoms with Gasteiger partial charge in [-0.15, -0.1) is 10.2 Å². The van der Waals surface area contributed by atoms with Crippen LogP contribution in [-0.4, -0.2) is 62.9 Å². The third-order valence-corrected chi connectivity index (χ3v) is 7.77. The van der Waals surface area contributed by atoms with E-state index < -0.39 is 17.6 Å². The number of benzene rings is 2. The molecular weight excluding hydrogens is 559 g/mol. The van der Waals surface area contributed by atoms with Crippen molar-refractivity contribution in [1.29, 1.82) is 0 Å². The molecule has 0 radical (unpaired) electrons. The molecule has 9 nitrogen and oxygen atoms in total. The number of aryl methyl sites for hydroxylation is 1. The van der Waals surface area contributed by atoms with E-state index in [1.807, 2.05) is 51.2 Å². The number of alkyl halides is 3. The SMILES string of the molecule is CCNc1cc(-c2ccccc2-c2nncn2C)cc(N2Cc3c(cc(CN4CCOC(C)C4)cc3C(F)(F)F)C2=O)n1. The van der Waals surface area contributed by atoms with Gasteiger partial charge in [0.2, 0.25) is 0 Å². The summed E-state index contributed by atoms with van der Waals surface area (Å²) in [6, 6.07) is 14.0. The van der Waals surface area contributed by atoms with E-state index in [1.165, 1.54) is 11.0 Å². The lowest BCUT2D eigenvalue weighted by Gasteiger charge is -2.31. The van der Waals surface area contributed by atoms with Crippen molar-refractivity contribution < 1.29 is 22.7 Å². The maximum absolute atomic E-state index is 14.4. The van der Waals surface area contributed by atoms with Crippen molar-refractivity contribution in [1.82, 2.24) is 24.6 Å². The van der Waals surface area contributed by atoms with E-state index in [0.29, 0.717) is 50.0 Å². The lowest BCUT2D eigenvalue weighted by Crippen LogP contribution is -2.40. The molecule has 0 saturated carbocycles. The molecule has 4 aromatic rings. The van der Waals surface area contributed by atoms with Gasteiger partial charge in [-0.25, -0.2) is 4.98 Å². The summed E-state index contributed by atoms with van der Waals surface area (Å²) >= 11 is 0. The Morgan fingerprint density at radius 1 is 1.09 bits per heavy atom. The molecule has 1 atom stereocenters. The number of nitrogens with one attached hydrogen (secondary N) is 1. The minimum atomic E-state index is -4.62. The summed E-state index contributed by atoms with van der Waals surface area (Å²) in [4.78, 5) is 21.9. The lowest BCUT2D eigenvalue weighted by molar-refractivity contribution is -0.138. The first kappa shape index (κ1) is 28.8. The molecule has 6 rings (SSSR count). The molecule has 1 saturated heterocycles. The van der Waals surface area contributed by atoms with E-state index in [4.69, 9.17) is 4.74 Å². The standard InChI is InChI=1S/C31H32F3N7O2/c1-4-35-27-13-21(22-7-5-6-8-23(22)29-38-36-18-39(29)3)14-28(37-27)41-17-25-24(30(41)42)11-20(12-26(25)31(32,33)34)16-40-9-10-43-19(2)15-40/h5-8,11-14,18-19H,4,9-10,15-17H2,1-3H3,(H,35,37). The van der Waals surface area contributed by atoms with Crippen molar-refractivity contribution >= 4 is 17.5 Å². The van der Waals surface area contributed by atoms with Gasteiger partial charge >= 0.3 is 6.18 Å². The van der Waals surface area contributed by atoms with E-state index >= 15 is 0 Å². The number of hydrogen-bond acceptors (Lipinski definition) is 7. The number of amides is 1. The van der Waals surface area contributed by atoms with Crippen molar-refractivity contribution in [2.24, 2.45) is 7.05 Å². The smallest absolute Gasteiger partial charge is 0.376 e. The predicted molar refractivity (Wildman–Crippen MR) is 156 cm³/mol. The molecule has 2 aromatic heterocycles. The Hall–Kier alpha value is -4.29. The van der Waals surface area contributed by atoms with Crippen LogP contribution in [0.2, 0.25) is 0 Å². The molecule has 1 N–H and O–H groups in total. The number of rotatable bonds is 7. The van der Waals surface area contributed by atoms with Crippen LogP contribution in [0.15, 0.2) is 54.9 Å². The molecule has 0 bridgehead atoms. The van der Waals surface area contributed by atoms with Crippen molar-refractivity contribution in [3.8, 4) is 22.5 Å². The summed E-state index contributed by atoms with van der Waals surface area (Å²) in [5, 5.41) is 11.5.